The maximum absolute atomic E-state index is 12.3. The molecule has 5 nitrogen and oxygen atoms in total. The van der Waals surface area contributed by atoms with E-state index in [0.717, 1.165) is 16.7 Å². The second-order valence-electron chi connectivity index (χ2n) is 6.81. The summed E-state index contributed by atoms with van der Waals surface area (Å²) in [5.41, 5.74) is 3.01. The van der Waals surface area contributed by atoms with Crippen molar-refractivity contribution in [2.75, 3.05) is 6.26 Å². The molecule has 0 aliphatic carbocycles. The van der Waals surface area contributed by atoms with Crippen LogP contribution < -0.4 is 4.74 Å². The fourth-order valence-corrected chi connectivity index (χ4v) is 4.29. The lowest BCUT2D eigenvalue weighted by atomic mass is 9.98. The molecule has 1 aliphatic rings. The minimum Gasteiger partial charge on any atom is -0.450 e. The highest BCUT2D eigenvalue weighted by molar-refractivity contribution is 7.90. The molecule has 0 unspecified atom stereocenters. The Balaban J connectivity index is 1.95. The summed E-state index contributed by atoms with van der Waals surface area (Å²) >= 11 is 6.02. The van der Waals surface area contributed by atoms with Crippen LogP contribution in [0.25, 0.3) is 0 Å². The van der Waals surface area contributed by atoms with Crippen LogP contribution in [0.3, 0.4) is 0 Å². The van der Waals surface area contributed by atoms with Crippen LogP contribution in [-0.2, 0) is 25.8 Å². The second kappa shape index (κ2) is 7.60. The van der Waals surface area contributed by atoms with Crippen molar-refractivity contribution in [3.63, 3.8) is 0 Å². The van der Waals surface area contributed by atoms with Gasteiger partial charge < -0.3 is 9.47 Å². The average Bonchev–Trinajstić information content (AvgIpc) is 2.97. The van der Waals surface area contributed by atoms with Crippen molar-refractivity contribution in [1.29, 1.82) is 0 Å². The number of carbonyl (C=O) groups is 1. The van der Waals surface area contributed by atoms with Gasteiger partial charge in [0.05, 0.1) is 4.90 Å². The Labute approximate surface area is 169 Å². The van der Waals surface area contributed by atoms with Gasteiger partial charge in [-0.15, -0.1) is 0 Å². The molecule has 0 N–H and O–H groups in total. The lowest BCUT2D eigenvalue weighted by molar-refractivity contribution is -0.141. The number of rotatable bonds is 5. The summed E-state index contributed by atoms with van der Waals surface area (Å²) in [6, 6.07) is 8.54. The largest absolute Gasteiger partial charge is 0.450 e. The number of aryl methyl sites for hydroxylation is 3. The Morgan fingerprint density at radius 3 is 2.46 bits per heavy atom. The molecule has 0 amide bonds. The highest BCUT2D eigenvalue weighted by Crippen LogP contribution is 2.34. The van der Waals surface area contributed by atoms with Crippen molar-refractivity contribution in [2.24, 2.45) is 0 Å². The maximum atomic E-state index is 12.3. The second-order valence-corrected chi connectivity index (χ2v) is 9.20. The molecule has 2 aromatic carbocycles. The molecule has 0 fully saturated rings. The molecule has 0 saturated carbocycles. The lowest BCUT2D eigenvalue weighted by Crippen LogP contribution is -2.09. The average molecular weight is 421 g/mol. The summed E-state index contributed by atoms with van der Waals surface area (Å²) in [4.78, 5) is 12.6. The number of halogens is 1. The Morgan fingerprint density at radius 2 is 1.86 bits per heavy atom. The van der Waals surface area contributed by atoms with Gasteiger partial charge in [-0.2, -0.15) is 0 Å². The fraction of sp³-hybridized carbons (Fsp3) is 0.286. The number of ether oxygens (including phenoxy) is 2. The van der Waals surface area contributed by atoms with Crippen LogP contribution in [0.1, 0.15) is 35.3 Å². The van der Waals surface area contributed by atoms with E-state index in [1.54, 1.807) is 43.3 Å². The van der Waals surface area contributed by atoms with E-state index in [-0.39, 0.29) is 10.7 Å². The van der Waals surface area contributed by atoms with Crippen LogP contribution in [-0.4, -0.2) is 20.6 Å². The first-order chi connectivity index (χ1) is 13.1. The van der Waals surface area contributed by atoms with Crippen LogP contribution in [0.4, 0.5) is 0 Å². The van der Waals surface area contributed by atoms with Crippen LogP contribution >= 0.6 is 11.6 Å². The number of hydrogen-bond donors (Lipinski definition) is 0. The first kappa shape index (κ1) is 20.4. The molecule has 3 rings (SSSR count). The number of sulfone groups is 1. The molecule has 28 heavy (non-hydrogen) atoms. The molecule has 0 aromatic heterocycles. The smallest absolute Gasteiger partial charge is 0.375 e. The van der Waals surface area contributed by atoms with E-state index in [1.165, 1.54) is 6.26 Å². The third kappa shape index (κ3) is 4.08. The van der Waals surface area contributed by atoms with E-state index in [4.69, 9.17) is 21.1 Å². The molecule has 0 saturated heterocycles. The van der Waals surface area contributed by atoms with Crippen molar-refractivity contribution >= 4 is 27.4 Å². The van der Waals surface area contributed by atoms with E-state index in [1.807, 2.05) is 13.8 Å². The SMILES string of the molecule is CCc1cc(S(C)(=O)=O)c(C)cc1[C@H]1C=C(Oc2ccc(Cl)c(C)c2)C(=O)O1. The third-order valence-corrected chi connectivity index (χ3v) is 6.28. The number of cyclic esters (lactones) is 1. The van der Waals surface area contributed by atoms with Gasteiger partial charge in [0.15, 0.2) is 9.84 Å². The molecule has 1 heterocycles. The summed E-state index contributed by atoms with van der Waals surface area (Å²) in [5, 5.41) is 0.613. The van der Waals surface area contributed by atoms with Gasteiger partial charge in [0.25, 0.3) is 0 Å². The van der Waals surface area contributed by atoms with E-state index in [0.29, 0.717) is 22.8 Å². The highest BCUT2D eigenvalue weighted by Gasteiger charge is 2.31. The molecule has 0 radical (unpaired) electrons. The van der Waals surface area contributed by atoms with Gasteiger partial charge in [-0.05, 0) is 61.2 Å². The zero-order valence-corrected chi connectivity index (χ0v) is 17.6. The molecule has 0 spiro atoms. The number of carbonyl (C=O) groups excluding carboxylic acids is 1. The summed E-state index contributed by atoms with van der Waals surface area (Å²) in [6.45, 7) is 5.50. The molecule has 1 aliphatic heterocycles. The van der Waals surface area contributed by atoms with Gasteiger partial charge in [-0.3, -0.25) is 0 Å². The summed E-state index contributed by atoms with van der Waals surface area (Å²) in [5.74, 6) is 0.0215. The van der Waals surface area contributed by atoms with Crippen molar-refractivity contribution in [3.05, 3.63) is 69.4 Å². The Kier molecular flexibility index (Phi) is 5.55. The molecule has 148 valence electrons. The van der Waals surface area contributed by atoms with Gasteiger partial charge >= 0.3 is 5.97 Å². The fourth-order valence-electron chi connectivity index (χ4n) is 3.17. The Morgan fingerprint density at radius 1 is 1.14 bits per heavy atom. The highest BCUT2D eigenvalue weighted by atomic mass is 35.5. The van der Waals surface area contributed by atoms with Gasteiger partial charge in [-0.25, -0.2) is 13.2 Å². The molecule has 2 aromatic rings. The molecular weight excluding hydrogens is 400 g/mol. The van der Waals surface area contributed by atoms with E-state index in [9.17, 15) is 13.2 Å². The number of hydrogen-bond acceptors (Lipinski definition) is 5. The predicted octanol–water partition coefficient (Wildman–Crippen LogP) is 4.48. The molecule has 1 atom stereocenters. The zero-order valence-electron chi connectivity index (χ0n) is 16.1. The summed E-state index contributed by atoms with van der Waals surface area (Å²) in [6.07, 6.45) is 2.77. The standard InChI is InChI=1S/C21H21ClO5S/c1-5-14-10-20(28(4,24)25)13(3)9-16(14)18-11-19(21(23)27-18)26-15-6-7-17(22)12(2)8-15/h6-11,18H,5H2,1-4H3/t18-/m1/s1. The topological polar surface area (TPSA) is 69.7 Å². The van der Waals surface area contributed by atoms with Gasteiger partial charge in [0.2, 0.25) is 5.76 Å². The van der Waals surface area contributed by atoms with Gasteiger partial charge in [-0.1, -0.05) is 24.6 Å². The van der Waals surface area contributed by atoms with Crippen LogP contribution in [0, 0.1) is 13.8 Å². The quantitative estimate of drug-likeness (QED) is 0.667. The number of esters is 1. The van der Waals surface area contributed by atoms with Gasteiger partial charge in [0.1, 0.15) is 11.9 Å². The molecule has 0 bridgehead atoms. The lowest BCUT2D eigenvalue weighted by Gasteiger charge is -2.16. The Bertz CT molecular complexity index is 1090. The van der Waals surface area contributed by atoms with Crippen molar-refractivity contribution in [2.45, 2.75) is 38.2 Å². The molecular formula is C21H21ClO5S. The maximum Gasteiger partial charge on any atom is 0.375 e. The molecule has 7 heteroatoms. The summed E-state index contributed by atoms with van der Waals surface area (Å²) < 4.78 is 35.1. The Hall–Kier alpha value is -2.31. The van der Waals surface area contributed by atoms with E-state index in [2.05, 4.69) is 0 Å². The zero-order chi connectivity index (χ0) is 20.6. The van der Waals surface area contributed by atoms with Crippen LogP contribution in [0.15, 0.2) is 47.1 Å². The van der Waals surface area contributed by atoms with Crippen LogP contribution in [0.5, 0.6) is 5.75 Å². The van der Waals surface area contributed by atoms with Gasteiger partial charge in [0, 0.05) is 22.9 Å². The monoisotopic (exact) mass is 420 g/mol. The first-order valence-electron chi connectivity index (χ1n) is 8.80. The third-order valence-electron chi connectivity index (χ3n) is 4.62. The van der Waals surface area contributed by atoms with E-state index >= 15 is 0 Å². The van der Waals surface area contributed by atoms with Crippen molar-refractivity contribution in [3.8, 4) is 5.75 Å². The van der Waals surface area contributed by atoms with E-state index < -0.39 is 21.9 Å². The normalized spacial score (nSPS) is 16.7. The van der Waals surface area contributed by atoms with Crippen molar-refractivity contribution < 1.29 is 22.7 Å². The minimum absolute atomic E-state index is 0.0959. The predicted molar refractivity (Wildman–Crippen MR) is 107 cm³/mol. The minimum atomic E-state index is -3.33. The summed E-state index contributed by atoms with van der Waals surface area (Å²) in [7, 11) is -3.33. The number of benzene rings is 2. The van der Waals surface area contributed by atoms with Crippen molar-refractivity contribution in [1.82, 2.24) is 0 Å². The van der Waals surface area contributed by atoms with Crippen LogP contribution in [0.2, 0.25) is 5.02 Å². The first-order valence-corrected chi connectivity index (χ1v) is 11.1.